The summed E-state index contributed by atoms with van der Waals surface area (Å²) >= 11 is 0. The van der Waals surface area contributed by atoms with Crippen molar-refractivity contribution in [2.75, 3.05) is 20.1 Å². The highest BCUT2D eigenvalue weighted by Gasteiger charge is 2.13. The minimum Gasteiger partial charge on any atom is -0.491 e. The number of sulfonamides is 1. The van der Waals surface area contributed by atoms with Gasteiger partial charge in [0.15, 0.2) is 0 Å². The summed E-state index contributed by atoms with van der Waals surface area (Å²) in [7, 11) is -1.58. The summed E-state index contributed by atoms with van der Waals surface area (Å²) in [6.07, 6.45) is 0.826. The molecule has 2 N–H and O–H groups in total. The zero-order valence-electron chi connectivity index (χ0n) is 12.0. The monoisotopic (exact) mass is 322 g/mol. The maximum atomic E-state index is 12.0. The Kier molecular flexibility index (Phi) is 8.80. The van der Waals surface area contributed by atoms with Crippen LogP contribution in [0.25, 0.3) is 0 Å². The second-order valence-electron chi connectivity index (χ2n) is 4.49. The topological polar surface area (TPSA) is 67.4 Å². The van der Waals surface area contributed by atoms with Gasteiger partial charge in [-0.3, -0.25) is 0 Å². The van der Waals surface area contributed by atoms with E-state index in [-0.39, 0.29) is 23.4 Å². The van der Waals surface area contributed by atoms with Crippen molar-refractivity contribution in [3.8, 4) is 5.75 Å². The first kappa shape index (κ1) is 19.2. The van der Waals surface area contributed by atoms with Crippen molar-refractivity contribution in [1.82, 2.24) is 10.0 Å². The molecule has 1 aromatic rings. The normalized spacial score (nSPS) is 11.2. The summed E-state index contributed by atoms with van der Waals surface area (Å²) in [6, 6.07) is 6.44. The Hall–Kier alpha value is -0.820. The second-order valence-corrected chi connectivity index (χ2v) is 6.26. The molecule has 0 atom stereocenters. The lowest BCUT2D eigenvalue weighted by molar-refractivity contribution is 0.242. The molecule has 0 bridgehead atoms. The van der Waals surface area contributed by atoms with Crippen molar-refractivity contribution in [3.05, 3.63) is 24.3 Å². The third-order valence-electron chi connectivity index (χ3n) is 2.40. The molecule has 0 saturated heterocycles. The van der Waals surface area contributed by atoms with E-state index in [1.807, 2.05) is 20.9 Å². The van der Waals surface area contributed by atoms with E-state index in [2.05, 4.69) is 10.0 Å². The smallest absolute Gasteiger partial charge is 0.240 e. The Morgan fingerprint density at radius 2 is 1.75 bits per heavy atom. The number of benzene rings is 1. The van der Waals surface area contributed by atoms with Gasteiger partial charge in [-0.25, -0.2) is 13.1 Å². The maximum absolute atomic E-state index is 12.0. The minimum absolute atomic E-state index is 0. The molecule has 7 heteroatoms. The fourth-order valence-corrected chi connectivity index (χ4v) is 2.60. The molecule has 0 aromatic heterocycles. The summed E-state index contributed by atoms with van der Waals surface area (Å²) in [5, 5.41) is 2.97. The van der Waals surface area contributed by atoms with Crippen LogP contribution in [0.3, 0.4) is 0 Å². The Morgan fingerprint density at radius 1 is 1.15 bits per heavy atom. The fourth-order valence-electron chi connectivity index (χ4n) is 1.52. The Labute approximate surface area is 127 Å². The Morgan fingerprint density at radius 3 is 2.25 bits per heavy atom. The van der Waals surface area contributed by atoms with Gasteiger partial charge < -0.3 is 10.1 Å². The summed E-state index contributed by atoms with van der Waals surface area (Å²) in [5.74, 6) is 0.670. The largest absolute Gasteiger partial charge is 0.491 e. The maximum Gasteiger partial charge on any atom is 0.240 e. The van der Waals surface area contributed by atoms with Crippen LogP contribution < -0.4 is 14.8 Å². The van der Waals surface area contributed by atoms with Crippen LogP contribution in [0.4, 0.5) is 0 Å². The van der Waals surface area contributed by atoms with E-state index in [0.717, 1.165) is 13.0 Å². The molecule has 0 aliphatic heterocycles. The van der Waals surface area contributed by atoms with Gasteiger partial charge in [0.2, 0.25) is 10.0 Å². The highest BCUT2D eigenvalue weighted by molar-refractivity contribution is 7.89. The molecule has 0 saturated carbocycles. The van der Waals surface area contributed by atoms with E-state index < -0.39 is 10.0 Å². The van der Waals surface area contributed by atoms with Gasteiger partial charge in [-0.1, -0.05) is 0 Å². The lowest BCUT2D eigenvalue weighted by Crippen LogP contribution is -2.26. The molecule has 0 aliphatic carbocycles. The van der Waals surface area contributed by atoms with Crippen molar-refractivity contribution in [2.45, 2.75) is 31.3 Å². The van der Waals surface area contributed by atoms with Gasteiger partial charge in [-0.2, -0.15) is 0 Å². The number of hydrogen-bond acceptors (Lipinski definition) is 4. The van der Waals surface area contributed by atoms with Crippen molar-refractivity contribution >= 4 is 22.4 Å². The van der Waals surface area contributed by atoms with E-state index in [1.54, 1.807) is 24.3 Å². The second kappa shape index (κ2) is 9.18. The van der Waals surface area contributed by atoms with Crippen LogP contribution in [0.15, 0.2) is 29.2 Å². The number of ether oxygens (including phenoxy) is 1. The van der Waals surface area contributed by atoms with Crippen LogP contribution >= 0.6 is 12.4 Å². The summed E-state index contributed by atoms with van der Waals surface area (Å²) in [6.45, 7) is 5.05. The Balaban J connectivity index is 0.00000361. The van der Waals surface area contributed by atoms with Gasteiger partial charge in [-0.15, -0.1) is 12.4 Å². The standard InChI is InChI=1S/C13H22N2O3S.ClH/c1-11(2)18-12-5-7-13(8-6-12)19(16,17)15-10-4-9-14-3;/h5-8,11,14-15H,4,9-10H2,1-3H3;1H. The molecule has 0 aliphatic rings. The van der Waals surface area contributed by atoms with Crippen molar-refractivity contribution in [3.63, 3.8) is 0 Å². The molecule has 116 valence electrons. The SMILES string of the molecule is CNCCCNS(=O)(=O)c1ccc(OC(C)C)cc1.Cl. The molecule has 0 amide bonds. The molecule has 1 rings (SSSR count). The molecular weight excluding hydrogens is 300 g/mol. The first-order valence-electron chi connectivity index (χ1n) is 6.36. The summed E-state index contributed by atoms with van der Waals surface area (Å²) in [5.41, 5.74) is 0. The zero-order chi connectivity index (χ0) is 14.3. The summed E-state index contributed by atoms with van der Waals surface area (Å²) in [4.78, 5) is 0.257. The van der Waals surface area contributed by atoms with Gasteiger partial charge in [0.25, 0.3) is 0 Å². The van der Waals surface area contributed by atoms with E-state index in [0.29, 0.717) is 12.3 Å². The molecule has 20 heavy (non-hydrogen) atoms. The lowest BCUT2D eigenvalue weighted by Gasteiger charge is -2.10. The number of rotatable bonds is 8. The van der Waals surface area contributed by atoms with Crippen LogP contribution in [0.2, 0.25) is 0 Å². The van der Waals surface area contributed by atoms with Crippen LogP contribution in [0.1, 0.15) is 20.3 Å². The van der Waals surface area contributed by atoms with Gasteiger partial charge >= 0.3 is 0 Å². The number of hydrogen-bond donors (Lipinski definition) is 2. The molecular formula is C13H23ClN2O3S. The summed E-state index contributed by atoms with van der Waals surface area (Å²) < 4.78 is 31.9. The van der Waals surface area contributed by atoms with Gasteiger partial charge in [0, 0.05) is 6.54 Å². The van der Waals surface area contributed by atoms with Crippen LogP contribution in [0.5, 0.6) is 5.75 Å². The van der Waals surface area contributed by atoms with Crippen LogP contribution in [0, 0.1) is 0 Å². The fraction of sp³-hybridized carbons (Fsp3) is 0.538. The highest BCUT2D eigenvalue weighted by atomic mass is 35.5. The Bertz CT molecular complexity index is 475. The lowest BCUT2D eigenvalue weighted by atomic mass is 10.3. The predicted octanol–water partition coefficient (Wildman–Crippen LogP) is 1.78. The molecule has 0 radical (unpaired) electrons. The van der Waals surface area contributed by atoms with Crippen LogP contribution in [-0.2, 0) is 10.0 Å². The van der Waals surface area contributed by atoms with Crippen molar-refractivity contribution < 1.29 is 13.2 Å². The molecule has 0 spiro atoms. The molecule has 1 aromatic carbocycles. The van der Waals surface area contributed by atoms with Gasteiger partial charge in [-0.05, 0) is 58.1 Å². The zero-order valence-corrected chi connectivity index (χ0v) is 13.7. The van der Waals surface area contributed by atoms with E-state index in [1.165, 1.54) is 0 Å². The third kappa shape index (κ3) is 6.56. The molecule has 0 unspecified atom stereocenters. The average Bonchev–Trinajstić information content (AvgIpc) is 2.35. The first-order chi connectivity index (χ1) is 8.95. The average molecular weight is 323 g/mol. The quantitative estimate of drug-likeness (QED) is 0.716. The van der Waals surface area contributed by atoms with Gasteiger partial charge in [0.1, 0.15) is 5.75 Å². The highest BCUT2D eigenvalue weighted by Crippen LogP contribution is 2.16. The number of nitrogens with one attached hydrogen (secondary N) is 2. The van der Waals surface area contributed by atoms with Crippen molar-refractivity contribution in [2.24, 2.45) is 0 Å². The minimum atomic E-state index is -3.42. The van der Waals surface area contributed by atoms with E-state index >= 15 is 0 Å². The van der Waals surface area contributed by atoms with Gasteiger partial charge in [0.05, 0.1) is 11.0 Å². The van der Waals surface area contributed by atoms with E-state index in [9.17, 15) is 8.42 Å². The molecule has 0 fully saturated rings. The van der Waals surface area contributed by atoms with E-state index in [4.69, 9.17) is 4.74 Å². The van der Waals surface area contributed by atoms with Crippen molar-refractivity contribution in [1.29, 1.82) is 0 Å². The van der Waals surface area contributed by atoms with Crippen LogP contribution in [-0.4, -0.2) is 34.7 Å². The first-order valence-corrected chi connectivity index (χ1v) is 7.85. The number of halogens is 1. The predicted molar refractivity (Wildman–Crippen MR) is 83.2 cm³/mol. The molecule has 0 heterocycles. The third-order valence-corrected chi connectivity index (χ3v) is 3.88. The molecule has 5 nitrogen and oxygen atoms in total.